The van der Waals surface area contributed by atoms with E-state index in [4.69, 9.17) is 35.4 Å². The Balaban J connectivity index is 1.40. The molecule has 0 radical (unpaired) electrons. The molecule has 0 fully saturated rings. The van der Waals surface area contributed by atoms with Gasteiger partial charge in [-0.1, -0.05) is 83.5 Å². The molecular weight excluding hydrogens is 549 g/mol. The van der Waals surface area contributed by atoms with Crippen LogP contribution in [0.4, 0.5) is 5.69 Å². The molecule has 0 saturated carbocycles. The zero-order valence-corrected chi connectivity index (χ0v) is 22.1. The van der Waals surface area contributed by atoms with Crippen molar-refractivity contribution in [1.29, 1.82) is 5.26 Å². The zero-order valence-electron chi connectivity index (χ0n) is 18.9. The molecule has 0 spiro atoms. The van der Waals surface area contributed by atoms with Gasteiger partial charge in [0.15, 0.2) is 10.3 Å². The lowest BCUT2D eigenvalue weighted by molar-refractivity contribution is 0.0977. The second kappa shape index (κ2) is 12.0. The number of nitrogens with zero attached hydrogens (tertiary/aromatic N) is 2. The van der Waals surface area contributed by atoms with Gasteiger partial charge in [-0.05, 0) is 42.0 Å². The molecule has 0 aliphatic heterocycles. The first-order chi connectivity index (χ1) is 17.9. The van der Waals surface area contributed by atoms with E-state index in [-0.39, 0.29) is 10.7 Å². The van der Waals surface area contributed by atoms with Crippen LogP contribution in [0.1, 0.15) is 21.5 Å². The van der Waals surface area contributed by atoms with E-state index in [1.807, 2.05) is 24.3 Å². The van der Waals surface area contributed by atoms with Gasteiger partial charge >= 0.3 is 0 Å². The van der Waals surface area contributed by atoms with Crippen LogP contribution in [0.15, 0.2) is 82.7 Å². The Bertz CT molecular complexity index is 1550. The number of thiocarbonyl (C=S) groups is 1. The predicted octanol–water partition coefficient (Wildman–Crippen LogP) is 6.03. The molecule has 4 rings (SSSR count). The summed E-state index contributed by atoms with van der Waals surface area (Å²) in [4.78, 5) is 32.2. The van der Waals surface area contributed by atoms with Crippen LogP contribution in [0.2, 0.25) is 10.0 Å². The molecule has 0 atom stereocenters. The summed E-state index contributed by atoms with van der Waals surface area (Å²) in [5.41, 5.74) is 2.21. The highest BCUT2D eigenvalue weighted by molar-refractivity contribution is 7.98. The summed E-state index contributed by atoms with van der Waals surface area (Å²) in [5.74, 6) is 0.0844. The van der Waals surface area contributed by atoms with Gasteiger partial charge in [0.05, 0.1) is 21.4 Å². The van der Waals surface area contributed by atoms with E-state index in [9.17, 15) is 14.9 Å². The van der Waals surface area contributed by atoms with Gasteiger partial charge in [-0.25, -0.2) is 4.98 Å². The number of nitriles is 1. The monoisotopic (exact) mass is 565 g/mol. The third-order valence-electron chi connectivity index (χ3n) is 5.08. The van der Waals surface area contributed by atoms with Gasteiger partial charge in [-0.2, -0.15) is 5.26 Å². The summed E-state index contributed by atoms with van der Waals surface area (Å²) in [7, 11) is 0. The van der Waals surface area contributed by atoms with Gasteiger partial charge in [-0.3, -0.25) is 14.9 Å². The number of para-hydroxylation sites is 1. The van der Waals surface area contributed by atoms with Gasteiger partial charge < -0.3 is 10.3 Å². The highest BCUT2D eigenvalue weighted by Crippen LogP contribution is 2.29. The van der Waals surface area contributed by atoms with E-state index in [1.165, 1.54) is 11.8 Å². The number of hydrogen-bond acceptors (Lipinski definition) is 6. The molecule has 0 saturated heterocycles. The molecule has 7 nitrogen and oxygen atoms in total. The second-order valence-corrected chi connectivity index (χ2v) is 9.75. The van der Waals surface area contributed by atoms with Crippen molar-refractivity contribution in [2.24, 2.45) is 0 Å². The van der Waals surface area contributed by atoms with E-state index in [1.54, 1.807) is 54.6 Å². The Morgan fingerprint density at radius 1 is 1.03 bits per heavy atom. The first-order valence-corrected chi connectivity index (χ1v) is 12.9. The average molecular weight is 566 g/mol. The average Bonchev–Trinajstić information content (AvgIpc) is 2.90. The van der Waals surface area contributed by atoms with E-state index >= 15 is 0 Å². The molecule has 0 bridgehead atoms. The molecule has 0 unspecified atom stereocenters. The fraction of sp³-hybridized carbons (Fsp3) is 0.0385. The lowest BCUT2D eigenvalue weighted by atomic mass is 10.1. The molecule has 11 heteroatoms. The van der Waals surface area contributed by atoms with Crippen LogP contribution in [0.3, 0.4) is 0 Å². The van der Waals surface area contributed by atoms with Gasteiger partial charge in [0.1, 0.15) is 11.6 Å². The Kier molecular flexibility index (Phi) is 8.58. The lowest BCUT2D eigenvalue weighted by Gasteiger charge is -2.12. The first-order valence-electron chi connectivity index (χ1n) is 10.7. The number of hydrogen-bond donors (Lipinski definition) is 3. The maximum Gasteiger partial charge on any atom is 0.270 e. The molecule has 3 aromatic carbocycles. The van der Waals surface area contributed by atoms with Crippen LogP contribution in [0.5, 0.6) is 0 Å². The summed E-state index contributed by atoms with van der Waals surface area (Å²) in [6, 6.07) is 22.9. The normalized spacial score (nSPS) is 10.4. The molecule has 1 heterocycles. The van der Waals surface area contributed by atoms with E-state index < -0.39 is 11.5 Å². The molecule has 184 valence electrons. The summed E-state index contributed by atoms with van der Waals surface area (Å²) >= 11 is 18.8. The van der Waals surface area contributed by atoms with E-state index in [0.717, 1.165) is 5.56 Å². The number of carbonyl (C=O) groups is 1. The van der Waals surface area contributed by atoms with E-state index in [0.29, 0.717) is 43.5 Å². The number of nitrogens with one attached hydrogen (secondary N) is 3. The minimum atomic E-state index is -0.492. The third-order valence-corrected chi connectivity index (χ3v) is 6.86. The van der Waals surface area contributed by atoms with Crippen molar-refractivity contribution in [3.05, 3.63) is 110 Å². The highest BCUT2D eigenvalue weighted by Gasteiger charge is 2.14. The van der Waals surface area contributed by atoms with Gasteiger partial charge in [0.2, 0.25) is 0 Å². The van der Waals surface area contributed by atoms with Crippen molar-refractivity contribution in [3.8, 4) is 17.3 Å². The van der Waals surface area contributed by atoms with Crippen LogP contribution < -0.4 is 16.2 Å². The topological polar surface area (TPSA) is 111 Å². The van der Waals surface area contributed by atoms with Crippen molar-refractivity contribution >= 4 is 63.9 Å². The summed E-state index contributed by atoms with van der Waals surface area (Å²) in [6.45, 7) is 0. The Hall–Kier alpha value is -3.68. The Morgan fingerprint density at radius 3 is 2.35 bits per heavy atom. The zero-order chi connectivity index (χ0) is 26.4. The second-order valence-electron chi connectivity index (χ2n) is 7.56. The number of amides is 1. The van der Waals surface area contributed by atoms with Crippen molar-refractivity contribution in [2.45, 2.75) is 10.9 Å². The van der Waals surface area contributed by atoms with Gasteiger partial charge in [0, 0.05) is 16.9 Å². The number of halogens is 2. The number of anilines is 1. The number of carbonyl (C=O) groups excluding carboxylic acids is 1. The maximum atomic E-state index is 12.6. The maximum absolute atomic E-state index is 12.6. The Labute approximate surface area is 231 Å². The highest BCUT2D eigenvalue weighted by atomic mass is 35.5. The minimum Gasteiger partial charge on any atom is -0.330 e. The van der Waals surface area contributed by atoms with Crippen LogP contribution in [-0.2, 0) is 5.75 Å². The fourth-order valence-electron chi connectivity index (χ4n) is 3.27. The summed E-state index contributed by atoms with van der Waals surface area (Å²) in [6.07, 6.45) is 0. The number of H-pyrrole nitrogens is 1. The standard InChI is InChI=1S/C26H17Cl2N5O2S2/c27-19-7-4-8-20(28)22(19)30-25(36)32-23(34)17-11-9-15(10-12-17)14-37-26-31-21(16-5-2-1-3-6-16)18(13-29)24(35)33-26/h1-12H,14H2,(H,31,33,35)(H2,30,32,34,36). The van der Waals surface area contributed by atoms with Crippen LogP contribution >= 0.6 is 47.2 Å². The molecule has 3 N–H and O–H groups in total. The number of rotatable bonds is 6. The van der Waals surface area contributed by atoms with Crippen LogP contribution in [0.25, 0.3) is 11.3 Å². The summed E-state index contributed by atoms with van der Waals surface area (Å²) in [5, 5.41) is 16.0. The number of aromatic amines is 1. The van der Waals surface area contributed by atoms with Crippen molar-refractivity contribution in [2.75, 3.05) is 5.32 Å². The molecular formula is C26H17Cl2N5O2S2. The van der Waals surface area contributed by atoms with Crippen molar-refractivity contribution < 1.29 is 4.79 Å². The molecule has 1 aromatic heterocycles. The smallest absolute Gasteiger partial charge is 0.270 e. The predicted molar refractivity (Wildman–Crippen MR) is 151 cm³/mol. The van der Waals surface area contributed by atoms with Gasteiger partial charge in [0.25, 0.3) is 11.5 Å². The number of benzene rings is 3. The molecule has 0 aliphatic rings. The largest absolute Gasteiger partial charge is 0.330 e. The first kappa shape index (κ1) is 26.4. The van der Waals surface area contributed by atoms with E-state index in [2.05, 4.69) is 20.6 Å². The molecule has 1 amide bonds. The number of aromatic nitrogens is 2. The quantitative estimate of drug-likeness (QED) is 0.148. The van der Waals surface area contributed by atoms with Crippen LogP contribution in [-0.4, -0.2) is 21.0 Å². The molecule has 4 aromatic rings. The summed E-state index contributed by atoms with van der Waals surface area (Å²) < 4.78 is 0. The third kappa shape index (κ3) is 6.56. The molecule has 37 heavy (non-hydrogen) atoms. The number of thioether (sulfide) groups is 1. The molecule has 0 aliphatic carbocycles. The van der Waals surface area contributed by atoms with Crippen LogP contribution in [0, 0.1) is 11.3 Å². The van der Waals surface area contributed by atoms with Gasteiger partial charge in [-0.15, -0.1) is 0 Å². The Morgan fingerprint density at radius 2 is 1.70 bits per heavy atom. The lowest BCUT2D eigenvalue weighted by Crippen LogP contribution is -2.34. The van der Waals surface area contributed by atoms with Crippen molar-refractivity contribution in [3.63, 3.8) is 0 Å². The minimum absolute atomic E-state index is 0.0323. The SMILES string of the molecule is N#Cc1c(-c2ccccc2)nc(SCc2ccc(C(=O)NC(=S)Nc3c(Cl)cccc3Cl)cc2)[nH]c1=O. The fourth-order valence-corrected chi connectivity index (χ4v) is 4.77. The van der Waals surface area contributed by atoms with Crippen molar-refractivity contribution in [1.82, 2.24) is 15.3 Å².